The summed E-state index contributed by atoms with van der Waals surface area (Å²) in [6.45, 7) is 0.920. The van der Waals surface area contributed by atoms with Crippen LogP contribution in [0.5, 0.6) is 0 Å². The quantitative estimate of drug-likeness (QED) is 0.516. The van der Waals surface area contributed by atoms with Gasteiger partial charge in [-0.15, -0.1) is 0 Å². The lowest BCUT2D eigenvalue weighted by Gasteiger charge is -2.27. The van der Waals surface area contributed by atoms with Crippen LogP contribution in [0.4, 0.5) is 13.2 Å². The first-order valence-electron chi connectivity index (χ1n) is 10.4. The van der Waals surface area contributed by atoms with Gasteiger partial charge in [-0.05, 0) is 41.8 Å². The minimum absolute atomic E-state index is 0.0251. The van der Waals surface area contributed by atoms with Crippen LogP contribution in [0.1, 0.15) is 37.7 Å². The molecule has 2 heterocycles. The first kappa shape index (κ1) is 24.1. The number of hydrogen-bond acceptors (Lipinski definition) is 3. The van der Waals surface area contributed by atoms with Crippen molar-refractivity contribution in [3.63, 3.8) is 0 Å². The maximum atomic E-state index is 13.0. The number of carbonyl (C=O) groups is 2. The van der Waals surface area contributed by atoms with Crippen LogP contribution in [0.15, 0.2) is 48.5 Å². The van der Waals surface area contributed by atoms with Gasteiger partial charge in [-0.2, -0.15) is 18.3 Å². The Kier molecular flexibility index (Phi) is 6.86. The number of nitrogens with zero attached hydrogens (tertiary/aromatic N) is 3. The van der Waals surface area contributed by atoms with Crippen molar-refractivity contribution in [1.29, 1.82) is 0 Å². The summed E-state index contributed by atoms with van der Waals surface area (Å²) in [5.41, 5.74) is 0.736. The van der Waals surface area contributed by atoms with E-state index in [9.17, 15) is 22.8 Å². The molecule has 34 heavy (non-hydrogen) atoms. The molecular formula is C23H19Cl2F3N4O2. The fourth-order valence-electron chi connectivity index (χ4n) is 3.69. The minimum Gasteiger partial charge on any atom is -0.350 e. The van der Waals surface area contributed by atoms with Crippen molar-refractivity contribution >= 4 is 35.0 Å². The molecule has 178 valence electrons. The number of aromatic nitrogens is 2. The fourth-order valence-corrected chi connectivity index (χ4v) is 4.20. The van der Waals surface area contributed by atoms with Gasteiger partial charge in [-0.1, -0.05) is 41.4 Å². The van der Waals surface area contributed by atoms with Crippen LogP contribution in [0.25, 0.3) is 0 Å². The zero-order valence-electron chi connectivity index (χ0n) is 17.7. The number of hydrogen-bond donors (Lipinski definition) is 1. The predicted octanol–water partition coefficient (Wildman–Crippen LogP) is 4.84. The lowest BCUT2D eigenvalue weighted by molar-refractivity contribution is -0.137. The zero-order chi connectivity index (χ0) is 24.5. The van der Waals surface area contributed by atoms with Gasteiger partial charge in [-0.25, -0.2) is 0 Å². The highest BCUT2D eigenvalue weighted by Gasteiger charge is 2.31. The van der Waals surface area contributed by atoms with Gasteiger partial charge >= 0.3 is 6.18 Å². The molecule has 6 nitrogen and oxygen atoms in total. The number of carbonyl (C=O) groups excluding carboxylic acids is 2. The highest BCUT2D eigenvalue weighted by molar-refractivity contribution is 6.35. The van der Waals surface area contributed by atoms with Gasteiger partial charge in [0.25, 0.3) is 11.8 Å². The molecule has 0 spiro atoms. The molecule has 0 aliphatic carbocycles. The number of rotatable bonds is 6. The van der Waals surface area contributed by atoms with E-state index in [2.05, 4.69) is 10.4 Å². The molecule has 0 fully saturated rings. The molecule has 0 radical (unpaired) electrons. The third-order valence-corrected chi connectivity index (χ3v) is 6.01. The second-order valence-electron chi connectivity index (χ2n) is 7.80. The van der Waals surface area contributed by atoms with Crippen LogP contribution in [-0.2, 0) is 25.7 Å². The van der Waals surface area contributed by atoms with Crippen LogP contribution in [0.2, 0.25) is 10.0 Å². The SMILES string of the molecule is O=C(NCCc1ccc(Cl)cc1Cl)c1cc2n(n1)CCN(Cc1cccc(C(F)(F)F)c1)C2=O. The molecule has 0 saturated carbocycles. The highest BCUT2D eigenvalue weighted by Crippen LogP contribution is 2.30. The Balaban J connectivity index is 1.39. The molecule has 0 bridgehead atoms. The summed E-state index contributed by atoms with van der Waals surface area (Å²) in [6.07, 6.45) is -3.97. The molecule has 3 aromatic rings. The standard InChI is InChI=1S/C23H19Cl2F3N4O2/c24-17-5-4-15(18(25)11-17)6-7-29-21(33)19-12-20-22(34)31(8-9-32(20)30-19)13-14-2-1-3-16(10-14)23(26,27)28/h1-5,10-12H,6-9,13H2,(H,29,33). The van der Waals surface area contributed by atoms with Crippen LogP contribution in [0, 0.1) is 0 Å². The smallest absolute Gasteiger partial charge is 0.350 e. The van der Waals surface area contributed by atoms with E-state index in [0.29, 0.717) is 35.1 Å². The monoisotopic (exact) mass is 510 g/mol. The van der Waals surface area contributed by atoms with Gasteiger partial charge in [0.1, 0.15) is 5.69 Å². The van der Waals surface area contributed by atoms with Crippen molar-refractivity contribution in [2.24, 2.45) is 0 Å². The summed E-state index contributed by atoms with van der Waals surface area (Å²) in [6, 6.07) is 11.4. The van der Waals surface area contributed by atoms with E-state index in [1.165, 1.54) is 21.7 Å². The number of amides is 2. The molecule has 1 aromatic heterocycles. The Morgan fingerprint density at radius 1 is 1.09 bits per heavy atom. The van der Waals surface area contributed by atoms with Gasteiger partial charge in [-0.3, -0.25) is 14.3 Å². The Morgan fingerprint density at radius 3 is 2.62 bits per heavy atom. The van der Waals surface area contributed by atoms with Gasteiger partial charge < -0.3 is 10.2 Å². The van der Waals surface area contributed by atoms with Gasteiger partial charge in [0.2, 0.25) is 0 Å². The maximum absolute atomic E-state index is 13.0. The Hall–Kier alpha value is -3.04. The molecule has 1 N–H and O–H groups in total. The third kappa shape index (κ3) is 5.37. The molecule has 2 aromatic carbocycles. The number of halogens is 5. The van der Waals surface area contributed by atoms with E-state index in [1.807, 2.05) is 0 Å². The number of nitrogens with one attached hydrogen (secondary N) is 1. The van der Waals surface area contributed by atoms with Crippen molar-refractivity contribution in [3.05, 3.63) is 86.7 Å². The molecule has 0 saturated heterocycles. The summed E-state index contributed by atoms with van der Waals surface area (Å²) in [4.78, 5) is 26.9. The molecule has 1 aliphatic heterocycles. The first-order valence-corrected chi connectivity index (χ1v) is 11.1. The second kappa shape index (κ2) is 9.68. The van der Waals surface area contributed by atoms with E-state index in [0.717, 1.165) is 17.7 Å². The van der Waals surface area contributed by atoms with Crippen LogP contribution in [0.3, 0.4) is 0 Å². The largest absolute Gasteiger partial charge is 0.416 e. The van der Waals surface area contributed by atoms with Crippen LogP contribution < -0.4 is 5.32 Å². The first-order chi connectivity index (χ1) is 16.1. The van der Waals surface area contributed by atoms with Crippen molar-refractivity contribution < 1.29 is 22.8 Å². The topological polar surface area (TPSA) is 67.2 Å². The normalized spacial score (nSPS) is 13.7. The van der Waals surface area contributed by atoms with E-state index in [1.54, 1.807) is 24.3 Å². The van der Waals surface area contributed by atoms with Crippen LogP contribution >= 0.6 is 23.2 Å². The maximum Gasteiger partial charge on any atom is 0.416 e. The van der Waals surface area contributed by atoms with Crippen molar-refractivity contribution in [2.75, 3.05) is 13.1 Å². The molecule has 11 heteroatoms. The summed E-state index contributed by atoms with van der Waals surface area (Å²) in [5, 5.41) is 7.98. The third-order valence-electron chi connectivity index (χ3n) is 5.42. The summed E-state index contributed by atoms with van der Waals surface area (Å²) in [5.74, 6) is -0.840. The van der Waals surface area contributed by atoms with Gasteiger partial charge in [0.15, 0.2) is 5.69 Å². The molecular weight excluding hydrogens is 492 g/mol. The van der Waals surface area contributed by atoms with Crippen LogP contribution in [-0.4, -0.2) is 39.6 Å². The zero-order valence-corrected chi connectivity index (χ0v) is 19.2. The lowest BCUT2D eigenvalue weighted by Crippen LogP contribution is -2.39. The average Bonchev–Trinajstić information content (AvgIpc) is 3.22. The second-order valence-corrected chi connectivity index (χ2v) is 8.65. The Morgan fingerprint density at radius 2 is 1.88 bits per heavy atom. The van der Waals surface area contributed by atoms with Crippen molar-refractivity contribution in [1.82, 2.24) is 20.0 Å². The number of benzene rings is 2. The Bertz CT molecular complexity index is 1240. The van der Waals surface area contributed by atoms with E-state index in [4.69, 9.17) is 23.2 Å². The minimum atomic E-state index is -4.46. The number of alkyl halides is 3. The van der Waals surface area contributed by atoms with Crippen molar-refractivity contribution in [3.8, 4) is 0 Å². The van der Waals surface area contributed by atoms with Gasteiger partial charge in [0.05, 0.1) is 12.1 Å². The number of fused-ring (bicyclic) bond motifs is 1. The summed E-state index contributed by atoms with van der Waals surface area (Å²) >= 11 is 12.0. The van der Waals surface area contributed by atoms with E-state index < -0.39 is 23.6 Å². The lowest BCUT2D eigenvalue weighted by atomic mass is 10.1. The molecule has 0 atom stereocenters. The average molecular weight is 511 g/mol. The molecule has 0 unspecified atom stereocenters. The van der Waals surface area contributed by atoms with Gasteiger partial charge in [0, 0.05) is 35.7 Å². The molecule has 1 aliphatic rings. The molecule has 4 rings (SSSR count). The predicted molar refractivity (Wildman–Crippen MR) is 121 cm³/mol. The summed E-state index contributed by atoms with van der Waals surface area (Å²) < 4.78 is 40.4. The van der Waals surface area contributed by atoms with E-state index >= 15 is 0 Å². The molecule has 2 amide bonds. The van der Waals surface area contributed by atoms with E-state index in [-0.39, 0.29) is 24.5 Å². The fraction of sp³-hybridized carbons (Fsp3) is 0.261. The summed E-state index contributed by atoms with van der Waals surface area (Å²) in [7, 11) is 0. The Labute approximate surface area is 203 Å². The highest BCUT2D eigenvalue weighted by atomic mass is 35.5. The van der Waals surface area contributed by atoms with Crippen molar-refractivity contribution in [2.45, 2.75) is 25.7 Å².